The van der Waals surface area contributed by atoms with E-state index in [4.69, 9.17) is 16.3 Å². The van der Waals surface area contributed by atoms with Crippen molar-refractivity contribution < 1.29 is 9.53 Å². The van der Waals surface area contributed by atoms with Gasteiger partial charge in [0.05, 0.1) is 17.8 Å². The highest BCUT2D eigenvalue weighted by Crippen LogP contribution is 2.27. The molecule has 5 heteroatoms. The van der Waals surface area contributed by atoms with Crippen LogP contribution in [0.4, 0.5) is 5.69 Å². The summed E-state index contributed by atoms with van der Waals surface area (Å²) in [6.07, 6.45) is 0. The molecule has 0 bridgehead atoms. The van der Waals surface area contributed by atoms with Crippen LogP contribution >= 0.6 is 11.6 Å². The van der Waals surface area contributed by atoms with Crippen LogP contribution in [-0.2, 0) is 0 Å². The predicted molar refractivity (Wildman–Crippen MR) is 89.0 cm³/mol. The number of para-hydroxylation sites is 1. The normalized spacial score (nSPS) is 10.7. The molecule has 3 aromatic rings. The molecule has 2 N–H and O–H groups in total. The van der Waals surface area contributed by atoms with E-state index < -0.39 is 0 Å². The molecule has 0 saturated carbocycles. The largest absolute Gasteiger partial charge is 0.497 e. The number of carbonyl (C=O) groups is 1. The molecule has 0 atom stereocenters. The Morgan fingerprint density at radius 3 is 2.73 bits per heavy atom. The SMILES string of the molecule is COc1ccc2c(C)c(C(=O)Nc3ccccc3Cl)[nH]c2c1. The van der Waals surface area contributed by atoms with E-state index in [1.54, 1.807) is 19.2 Å². The second-order valence-electron chi connectivity index (χ2n) is 4.97. The third-order valence-electron chi connectivity index (χ3n) is 3.61. The quantitative estimate of drug-likeness (QED) is 0.753. The molecule has 22 heavy (non-hydrogen) atoms. The number of fused-ring (bicyclic) bond motifs is 1. The molecule has 0 unspecified atom stereocenters. The molecule has 0 saturated heterocycles. The number of methoxy groups -OCH3 is 1. The number of H-pyrrole nitrogens is 1. The van der Waals surface area contributed by atoms with Crippen molar-refractivity contribution >= 4 is 34.1 Å². The molecule has 3 rings (SSSR count). The Bertz CT molecular complexity index is 855. The van der Waals surface area contributed by atoms with Crippen LogP contribution in [0.1, 0.15) is 16.1 Å². The number of benzene rings is 2. The van der Waals surface area contributed by atoms with Crippen LogP contribution in [0.15, 0.2) is 42.5 Å². The van der Waals surface area contributed by atoms with Crippen molar-refractivity contribution in [3.8, 4) is 5.75 Å². The van der Waals surface area contributed by atoms with E-state index in [1.165, 1.54) is 0 Å². The van der Waals surface area contributed by atoms with Gasteiger partial charge in [-0.25, -0.2) is 0 Å². The first-order valence-corrected chi connectivity index (χ1v) is 7.20. The standard InChI is InChI=1S/C17H15ClN2O2/c1-10-12-8-7-11(22-2)9-15(12)19-16(10)17(21)20-14-6-4-3-5-13(14)18/h3-9,19H,1-2H3,(H,20,21). The monoisotopic (exact) mass is 314 g/mol. The van der Waals surface area contributed by atoms with Gasteiger partial charge >= 0.3 is 0 Å². The van der Waals surface area contributed by atoms with E-state index in [-0.39, 0.29) is 5.91 Å². The Morgan fingerprint density at radius 2 is 2.00 bits per heavy atom. The summed E-state index contributed by atoms with van der Waals surface area (Å²) in [5.74, 6) is 0.521. The number of nitrogens with one attached hydrogen (secondary N) is 2. The second kappa shape index (κ2) is 5.73. The summed E-state index contributed by atoms with van der Waals surface area (Å²) >= 11 is 6.07. The zero-order chi connectivity index (χ0) is 15.7. The molecule has 1 amide bonds. The lowest BCUT2D eigenvalue weighted by atomic mass is 10.1. The Hall–Kier alpha value is -2.46. The summed E-state index contributed by atoms with van der Waals surface area (Å²) in [6, 6.07) is 12.8. The van der Waals surface area contributed by atoms with Gasteiger partial charge in [-0.2, -0.15) is 0 Å². The summed E-state index contributed by atoms with van der Waals surface area (Å²) in [5.41, 5.74) is 2.86. The average Bonchev–Trinajstić information content (AvgIpc) is 2.86. The van der Waals surface area contributed by atoms with Crippen LogP contribution < -0.4 is 10.1 Å². The number of carbonyl (C=O) groups excluding carboxylic acids is 1. The number of rotatable bonds is 3. The number of hydrogen-bond donors (Lipinski definition) is 2. The summed E-state index contributed by atoms with van der Waals surface area (Å²) in [6.45, 7) is 1.91. The minimum Gasteiger partial charge on any atom is -0.497 e. The Kier molecular flexibility index (Phi) is 3.77. The highest BCUT2D eigenvalue weighted by molar-refractivity contribution is 6.33. The van der Waals surface area contributed by atoms with Crippen LogP contribution in [0.3, 0.4) is 0 Å². The highest BCUT2D eigenvalue weighted by Gasteiger charge is 2.16. The van der Waals surface area contributed by atoms with Gasteiger partial charge in [0.25, 0.3) is 5.91 Å². The van der Waals surface area contributed by atoms with Crippen LogP contribution in [0.25, 0.3) is 10.9 Å². The van der Waals surface area contributed by atoms with Crippen molar-refractivity contribution in [3.63, 3.8) is 0 Å². The van der Waals surface area contributed by atoms with Gasteiger partial charge in [0.15, 0.2) is 0 Å². The topological polar surface area (TPSA) is 54.1 Å². The first kappa shape index (κ1) is 14.5. The first-order valence-electron chi connectivity index (χ1n) is 6.82. The van der Waals surface area contributed by atoms with Crippen LogP contribution in [0.5, 0.6) is 5.75 Å². The van der Waals surface area contributed by atoms with Crippen molar-refractivity contribution in [1.82, 2.24) is 4.98 Å². The van der Waals surface area contributed by atoms with Gasteiger partial charge in [-0.1, -0.05) is 23.7 Å². The predicted octanol–water partition coefficient (Wildman–Crippen LogP) is 4.39. The third-order valence-corrected chi connectivity index (χ3v) is 3.94. The summed E-state index contributed by atoms with van der Waals surface area (Å²) < 4.78 is 5.21. The molecule has 1 aromatic heterocycles. The zero-order valence-corrected chi connectivity index (χ0v) is 13.0. The van der Waals surface area contributed by atoms with E-state index in [1.807, 2.05) is 37.3 Å². The van der Waals surface area contributed by atoms with Gasteiger partial charge in [0.1, 0.15) is 11.4 Å². The Morgan fingerprint density at radius 1 is 1.23 bits per heavy atom. The van der Waals surface area contributed by atoms with E-state index in [0.717, 1.165) is 22.2 Å². The molecular formula is C17H15ClN2O2. The lowest BCUT2D eigenvalue weighted by Gasteiger charge is -2.06. The lowest BCUT2D eigenvalue weighted by Crippen LogP contribution is -2.13. The fraction of sp³-hybridized carbons (Fsp3) is 0.118. The number of aromatic amines is 1. The van der Waals surface area contributed by atoms with Gasteiger partial charge in [-0.05, 0) is 36.8 Å². The van der Waals surface area contributed by atoms with Gasteiger partial charge in [0, 0.05) is 17.0 Å². The van der Waals surface area contributed by atoms with Crippen molar-refractivity contribution in [2.75, 3.05) is 12.4 Å². The third kappa shape index (κ3) is 2.53. The molecule has 1 heterocycles. The maximum atomic E-state index is 12.5. The smallest absolute Gasteiger partial charge is 0.272 e. The van der Waals surface area contributed by atoms with Crippen LogP contribution in [0, 0.1) is 6.92 Å². The van der Waals surface area contributed by atoms with E-state index in [2.05, 4.69) is 10.3 Å². The van der Waals surface area contributed by atoms with Gasteiger partial charge in [-0.3, -0.25) is 4.79 Å². The van der Waals surface area contributed by atoms with E-state index >= 15 is 0 Å². The second-order valence-corrected chi connectivity index (χ2v) is 5.38. The lowest BCUT2D eigenvalue weighted by molar-refractivity contribution is 0.102. The molecule has 0 aliphatic rings. The van der Waals surface area contributed by atoms with Crippen LogP contribution in [0.2, 0.25) is 5.02 Å². The van der Waals surface area contributed by atoms with E-state index in [0.29, 0.717) is 16.4 Å². The molecule has 2 aromatic carbocycles. The summed E-state index contributed by atoms with van der Waals surface area (Å²) in [7, 11) is 1.61. The summed E-state index contributed by atoms with van der Waals surface area (Å²) in [4.78, 5) is 15.6. The van der Waals surface area contributed by atoms with Crippen molar-refractivity contribution in [3.05, 3.63) is 58.7 Å². The number of aryl methyl sites for hydroxylation is 1. The Labute approximate surface area is 133 Å². The fourth-order valence-corrected chi connectivity index (χ4v) is 2.60. The average molecular weight is 315 g/mol. The molecule has 0 radical (unpaired) electrons. The van der Waals surface area contributed by atoms with Gasteiger partial charge in [0.2, 0.25) is 0 Å². The van der Waals surface area contributed by atoms with Crippen molar-refractivity contribution in [2.45, 2.75) is 6.92 Å². The highest BCUT2D eigenvalue weighted by atomic mass is 35.5. The first-order chi connectivity index (χ1) is 10.6. The number of anilines is 1. The maximum absolute atomic E-state index is 12.5. The minimum absolute atomic E-state index is 0.222. The molecule has 0 fully saturated rings. The molecular weight excluding hydrogens is 300 g/mol. The number of aromatic nitrogens is 1. The molecule has 112 valence electrons. The molecule has 4 nitrogen and oxygen atoms in total. The Balaban J connectivity index is 1.97. The van der Waals surface area contributed by atoms with Gasteiger partial charge < -0.3 is 15.0 Å². The summed E-state index contributed by atoms with van der Waals surface area (Å²) in [5, 5.41) is 4.32. The van der Waals surface area contributed by atoms with E-state index in [9.17, 15) is 4.79 Å². The molecule has 0 aliphatic heterocycles. The maximum Gasteiger partial charge on any atom is 0.272 e. The zero-order valence-electron chi connectivity index (χ0n) is 12.2. The fourth-order valence-electron chi connectivity index (χ4n) is 2.42. The van der Waals surface area contributed by atoms with Gasteiger partial charge in [-0.15, -0.1) is 0 Å². The molecule has 0 spiro atoms. The van der Waals surface area contributed by atoms with Crippen LogP contribution in [-0.4, -0.2) is 18.0 Å². The number of ether oxygens (including phenoxy) is 1. The van der Waals surface area contributed by atoms with Crippen molar-refractivity contribution in [1.29, 1.82) is 0 Å². The minimum atomic E-state index is -0.222. The molecule has 0 aliphatic carbocycles. The van der Waals surface area contributed by atoms with Crippen molar-refractivity contribution in [2.24, 2.45) is 0 Å². The number of halogens is 1. The number of amides is 1. The number of hydrogen-bond acceptors (Lipinski definition) is 2.